The summed E-state index contributed by atoms with van der Waals surface area (Å²) in [7, 11) is 0. The van der Waals surface area contributed by atoms with Gasteiger partial charge in [0.1, 0.15) is 5.82 Å². The predicted octanol–water partition coefficient (Wildman–Crippen LogP) is 3.84. The van der Waals surface area contributed by atoms with Crippen molar-refractivity contribution in [3.05, 3.63) is 65.0 Å². The Hall–Kier alpha value is -1.83. The number of aryl methyl sites for hydroxylation is 1. The van der Waals surface area contributed by atoms with E-state index in [2.05, 4.69) is 24.4 Å². The molecule has 0 fully saturated rings. The molecule has 1 unspecified atom stereocenters. The average molecular weight is 227 g/mol. The lowest BCUT2D eigenvalue weighted by Gasteiger charge is -2.14. The summed E-state index contributed by atoms with van der Waals surface area (Å²) >= 11 is 0. The molecule has 1 atom stereocenters. The van der Waals surface area contributed by atoms with Crippen LogP contribution in [0.4, 0.5) is 10.1 Å². The van der Waals surface area contributed by atoms with Crippen LogP contribution in [0.5, 0.6) is 0 Å². The van der Waals surface area contributed by atoms with Crippen LogP contribution in [0.15, 0.2) is 42.5 Å². The summed E-state index contributed by atoms with van der Waals surface area (Å²) in [5.74, 6) is -0.156. The van der Waals surface area contributed by atoms with Crippen LogP contribution in [-0.4, -0.2) is 0 Å². The quantitative estimate of drug-likeness (QED) is 0.780. The number of fused-ring (bicyclic) bond motifs is 1. The molecule has 2 aromatic carbocycles. The van der Waals surface area contributed by atoms with Gasteiger partial charge in [-0.2, -0.15) is 0 Å². The summed E-state index contributed by atoms with van der Waals surface area (Å²) in [6.45, 7) is 2.11. The zero-order chi connectivity index (χ0) is 11.8. The van der Waals surface area contributed by atoms with Crippen LogP contribution in [0.3, 0.4) is 0 Å². The van der Waals surface area contributed by atoms with Gasteiger partial charge in [-0.3, -0.25) is 0 Å². The van der Waals surface area contributed by atoms with Gasteiger partial charge in [0.25, 0.3) is 0 Å². The SMILES string of the molecule is Cc1ccccc1C1Cc2cc(F)ccc2N1. The standard InChI is InChI=1S/C15H14FN/c1-10-4-2-3-5-13(10)15-9-11-8-12(16)6-7-14(11)17-15/h2-8,15,17H,9H2,1H3. The maximum absolute atomic E-state index is 13.1. The van der Waals surface area contributed by atoms with E-state index in [1.807, 2.05) is 18.2 Å². The third kappa shape index (κ3) is 1.80. The molecule has 2 heteroatoms. The molecule has 0 saturated carbocycles. The minimum Gasteiger partial charge on any atom is -0.378 e. The average Bonchev–Trinajstić information content (AvgIpc) is 2.72. The lowest BCUT2D eigenvalue weighted by Crippen LogP contribution is -2.07. The van der Waals surface area contributed by atoms with Gasteiger partial charge in [-0.25, -0.2) is 4.39 Å². The first-order valence-electron chi connectivity index (χ1n) is 5.84. The molecule has 0 spiro atoms. The zero-order valence-corrected chi connectivity index (χ0v) is 9.70. The van der Waals surface area contributed by atoms with E-state index in [1.54, 1.807) is 6.07 Å². The summed E-state index contributed by atoms with van der Waals surface area (Å²) in [6.07, 6.45) is 0.859. The molecule has 3 rings (SSSR count). The van der Waals surface area contributed by atoms with E-state index in [1.165, 1.54) is 17.2 Å². The molecule has 0 aromatic heterocycles. The minimum absolute atomic E-state index is 0.156. The van der Waals surface area contributed by atoms with E-state index >= 15 is 0 Å². The highest BCUT2D eigenvalue weighted by atomic mass is 19.1. The van der Waals surface area contributed by atoms with Crippen LogP contribution in [0, 0.1) is 12.7 Å². The molecular formula is C15H14FN. The molecule has 0 bridgehead atoms. The fraction of sp³-hybridized carbons (Fsp3) is 0.200. The van der Waals surface area contributed by atoms with Crippen LogP contribution in [-0.2, 0) is 6.42 Å². The summed E-state index contributed by atoms with van der Waals surface area (Å²) < 4.78 is 13.1. The van der Waals surface area contributed by atoms with Gasteiger partial charge in [0.2, 0.25) is 0 Å². The van der Waals surface area contributed by atoms with Crippen molar-refractivity contribution in [2.45, 2.75) is 19.4 Å². The van der Waals surface area contributed by atoms with E-state index < -0.39 is 0 Å². The molecule has 1 nitrogen and oxygen atoms in total. The van der Waals surface area contributed by atoms with Gasteiger partial charge in [0, 0.05) is 5.69 Å². The maximum atomic E-state index is 13.1. The Morgan fingerprint density at radius 2 is 2.00 bits per heavy atom. The Bertz CT molecular complexity index is 563. The van der Waals surface area contributed by atoms with Crippen molar-refractivity contribution >= 4 is 5.69 Å². The summed E-state index contributed by atoms with van der Waals surface area (Å²) in [5, 5.41) is 3.45. The fourth-order valence-corrected chi connectivity index (χ4v) is 2.50. The highest BCUT2D eigenvalue weighted by Gasteiger charge is 2.23. The first-order chi connectivity index (χ1) is 8.24. The fourth-order valence-electron chi connectivity index (χ4n) is 2.50. The predicted molar refractivity (Wildman–Crippen MR) is 67.6 cm³/mol. The molecule has 0 aliphatic carbocycles. The van der Waals surface area contributed by atoms with Gasteiger partial charge in [0.05, 0.1) is 6.04 Å². The van der Waals surface area contributed by atoms with E-state index in [9.17, 15) is 4.39 Å². The van der Waals surface area contributed by atoms with Gasteiger partial charge in [0.15, 0.2) is 0 Å². The molecule has 0 amide bonds. The Kier molecular flexibility index (Phi) is 2.36. The van der Waals surface area contributed by atoms with Gasteiger partial charge in [-0.05, 0) is 48.2 Å². The molecule has 1 N–H and O–H groups in total. The van der Waals surface area contributed by atoms with Crippen LogP contribution in [0.2, 0.25) is 0 Å². The lowest BCUT2D eigenvalue weighted by atomic mass is 9.99. The highest BCUT2D eigenvalue weighted by Crippen LogP contribution is 2.35. The molecular weight excluding hydrogens is 213 g/mol. The molecule has 0 saturated heterocycles. The monoisotopic (exact) mass is 227 g/mol. The van der Waals surface area contributed by atoms with Crippen LogP contribution >= 0.6 is 0 Å². The zero-order valence-electron chi connectivity index (χ0n) is 9.70. The number of nitrogens with one attached hydrogen (secondary N) is 1. The Morgan fingerprint density at radius 3 is 2.82 bits per heavy atom. The van der Waals surface area contributed by atoms with E-state index in [4.69, 9.17) is 0 Å². The van der Waals surface area contributed by atoms with E-state index in [0.717, 1.165) is 17.7 Å². The van der Waals surface area contributed by atoms with E-state index in [0.29, 0.717) is 0 Å². The highest BCUT2D eigenvalue weighted by molar-refractivity contribution is 5.58. The molecule has 1 aliphatic heterocycles. The van der Waals surface area contributed by atoms with Gasteiger partial charge in [-0.1, -0.05) is 24.3 Å². The van der Waals surface area contributed by atoms with Crippen LogP contribution in [0.25, 0.3) is 0 Å². The topological polar surface area (TPSA) is 12.0 Å². The van der Waals surface area contributed by atoms with Crippen molar-refractivity contribution in [1.82, 2.24) is 0 Å². The van der Waals surface area contributed by atoms with Crippen molar-refractivity contribution in [3.8, 4) is 0 Å². The summed E-state index contributed by atoms with van der Waals surface area (Å²) in [6, 6.07) is 13.6. The molecule has 17 heavy (non-hydrogen) atoms. The molecule has 86 valence electrons. The van der Waals surface area contributed by atoms with Crippen molar-refractivity contribution < 1.29 is 4.39 Å². The summed E-state index contributed by atoms with van der Waals surface area (Å²) in [4.78, 5) is 0. The first-order valence-corrected chi connectivity index (χ1v) is 5.84. The van der Waals surface area contributed by atoms with Crippen LogP contribution < -0.4 is 5.32 Å². The van der Waals surface area contributed by atoms with Crippen molar-refractivity contribution in [3.63, 3.8) is 0 Å². The van der Waals surface area contributed by atoms with Gasteiger partial charge < -0.3 is 5.32 Å². The second-order valence-electron chi connectivity index (χ2n) is 4.56. The minimum atomic E-state index is -0.156. The Morgan fingerprint density at radius 1 is 1.18 bits per heavy atom. The van der Waals surface area contributed by atoms with E-state index in [-0.39, 0.29) is 11.9 Å². The molecule has 0 radical (unpaired) electrons. The van der Waals surface area contributed by atoms with Gasteiger partial charge in [-0.15, -0.1) is 0 Å². The summed E-state index contributed by atoms with van der Waals surface area (Å²) in [5.41, 5.74) is 4.69. The van der Waals surface area contributed by atoms with Gasteiger partial charge >= 0.3 is 0 Å². The number of benzene rings is 2. The third-order valence-electron chi connectivity index (χ3n) is 3.38. The third-order valence-corrected chi connectivity index (χ3v) is 3.38. The smallest absolute Gasteiger partial charge is 0.123 e. The van der Waals surface area contributed by atoms with Crippen molar-refractivity contribution in [2.24, 2.45) is 0 Å². The largest absolute Gasteiger partial charge is 0.378 e. The molecule has 1 heterocycles. The normalized spacial score (nSPS) is 17.6. The molecule has 2 aromatic rings. The van der Waals surface area contributed by atoms with Crippen molar-refractivity contribution in [2.75, 3.05) is 5.32 Å². The van der Waals surface area contributed by atoms with Crippen LogP contribution in [0.1, 0.15) is 22.7 Å². The number of hydrogen-bond acceptors (Lipinski definition) is 1. The second-order valence-corrected chi connectivity index (χ2v) is 4.56. The number of anilines is 1. The Balaban J connectivity index is 1.94. The molecule has 1 aliphatic rings. The maximum Gasteiger partial charge on any atom is 0.123 e. The first kappa shape index (κ1) is 10.3. The number of halogens is 1. The number of hydrogen-bond donors (Lipinski definition) is 1. The second kappa shape index (κ2) is 3.88. The Labute approximate surface area is 100 Å². The lowest BCUT2D eigenvalue weighted by molar-refractivity contribution is 0.626. The number of rotatable bonds is 1. The van der Waals surface area contributed by atoms with Crippen molar-refractivity contribution in [1.29, 1.82) is 0 Å².